The largest absolute Gasteiger partial charge is 0.480 e. The van der Waals surface area contributed by atoms with Crippen LogP contribution in [0.25, 0.3) is 0 Å². The molecule has 0 radical (unpaired) electrons. The van der Waals surface area contributed by atoms with Gasteiger partial charge in [0.05, 0.1) is 5.92 Å². The predicted molar refractivity (Wildman–Crippen MR) is 76.9 cm³/mol. The zero-order chi connectivity index (χ0) is 15.4. The van der Waals surface area contributed by atoms with Crippen molar-refractivity contribution in [1.82, 2.24) is 5.32 Å². The molecule has 2 rings (SSSR count). The smallest absolute Gasteiger partial charge is 0.322 e. The SMILES string of the molecule is CCc1ccc(N2C[C@@H](C(=O)NCC(=O)O)CC2=O)cc1. The summed E-state index contributed by atoms with van der Waals surface area (Å²) in [5.41, 5.74) is 1.95. The van der Waals surface area contributed by atoms with Crippen LogP contribution in [0.2, 0.25) is 0 Å². The number of nitrogens with zero attached hydrogens (tertiary/aromatic N) is 1. The molecule has 1 saturated heterocycles. The molecule has 1 fully saturated rings. The van der Waals surface area contributed by atoms with Crippen molar-refractivity contribution in [3.05, 3.63) is 29.8 Å². The lowest BCUT2D eigenvalue weighted by atomic mass is 10.1. The van der Waals surface area contributed by atoms with Crippen LogP contribution in [-0.2, 0) is 20.8 Å². The van der Waals surface area contributed by atoms with Gasteiger partial charge in [-0.1, -0.05) is 19.1 Å². The van der Waals surface area contributed by atoms with Gasteiger partial charge in [0.2, 0.25) is 11.8 Å². The lowest BCUT2D eigenvalue weighted by molar-refractivity contribution is -0.138. The lowest BCUT2D eigenvalue weighted by Gasteiger charge is -2.17. The second-order valence-electron chi connectivity index (χ2n) is 5.04. The van der Waals surface area contributed by atoms with Gasteiger partial charge in [-0.05, 0) is 24.1 Å². The molecule has 0 unspecified atom stereocenters. The van der Waals surface area contributed by atoms with Gasteiger partial charge in [-0.25, -0.2) is 0 Å². The minimum atomic E-state index is -1.10. The standard InChI is InChI=1S/C15H18N2O4/c1-2-10-3-5-12(6-4-10)17-9-11(7-13(17)18)15(21)16-8-14(19)20/h3-6,11H,2,7-9H2,1H3,(H,16,21)(H,19,20)/t11-/m0/s1. The molecule has 0 spiro atoms. The number of carbonyl (C=O) groups excluding carboxylic acids is 2. The van der Waals surface area contributed by atoms with Gasteiger partial charge in [-0.3, -0.25) is 14.4 Å². The zero-order valence-electron chi connectivity index (χ0n) is 11.8. The van der Waals surface area contributed by atoms with Gasteiger partial charge in [0.25, 0.3) is 0 Å². The van der Waals surface area contributed by atoms with E-state index in [1.165, 1.54) is 5.56 Å². The molecule has 6 heteroatoms. The molecule has 1 atom stereocenters. The third-order valence-corrected chi connectivity index (χ3v) is 3.57. The molecule has 0 aliphatic carbocycles. The van der Waals surface area contributed by atoms with Gasteiger partial charge in [0.15, 0.2) is 0 Å². The van der Waals surface area contributed by atoms with E-state index in [0.29, 0.717) is 0 Å². The minimum Gasteiger partial charge on any atom is -0.480 e. The first-order valence-electron chi connectivity index (χ1n) is 6.90. The number of carbonyl (C=O) groups is 3. The summed E-state index contributed by atoms with van der Waals surface area (Å²) in [7, 11) is 0. The Balaban J connectivity index is 2.01. The van der Waals surface area contributed by atoms with Crippen molar-refractivity contribution in [2.75, 3.05) is 18.0 Å². The highest BCUT2D eigenvalue weighted by molar-refractivity contribution is 6.00. The van der Waals surface area contributed by atoms with Crippen molar-refractivity contribution in [3.8, 4) is 0 Å². The molecule has 21 heavy (non-hydrogen) atoms. The van der Waals surface area contributed by atoms with Crippen molar-refractivity contribution in [1.29, 1.82) is 0 Å². The first kappa shape index (κ1) is 15.0. The van der Waals surface area contributed by atoms with E-state index in [2.05, 4.69) is 12.2 Å². The summed E-state index contributed by atoms with van der Waals surface area (Å²) in [6, 6.07) is 7.66. The molecule has 0 bridgehead atoms. The Morgan fingerprint density at radius 1 is 1.33 bits per heavy atom. The van der Waals surface area contributed by atoms with E-state index in [-0.39, 0.29) is 18.9 Å². The lowest BCUT2D eigenvalue weighted by Crippen LogP contribution is -2.36. The number of aryl methyl sites for hydroxylation is 1. The molecule has 6 nitrogen and oxygen atoms in total. The first-order valence-corrected chi connectivity index (χ1v) is 6.90. The van der Waals surface area contributed by atoms with Crippen LogP contribution in [-0.4, -0.2) is 36.0 Å². The number of nitrogens with one attached hydrogen (secondary N) is 1. The first-order chi connectivity index (χ1) is 10.0. The van der Waals surface area contributed by atoms with E-state index in [0.717, 1.165) is 12.1 Å². The number of amides is 2. The number of hydrogen-bond donors (Lipinski definition) is 2. The van der Waals surface area contributed by atoms with E-state index < -0.39 is 24.3 Å². The van der Waals surface area contributed by atoms with Gasteiger partial charge < -0.3 is 15.3 Å². The number of hydrogen-bond acceptors (Lipinski definition) is 3. The molecule has 2 N–H and O–H groups in total. The second kappa shape index (κ2) is 6.39. The van der Waals surface area contributed by atoms with Crippen molar-refractivity contribution in [3.63, 3.8) is 0 Å². The monoisotopic (exact) mass is 290 g/mol. The number of carboxylic acids is 1. The summed E-state index contributed by atoms with van der Waals surface area (Å²) in [6.07, 6.45) is 1.04. The Labute approximate surface area is 122 Å². The third kappa shape index (κ3) is 3.59. The van der Waals surface area contributed by atoms with E-state index in [4.69, 9.17) is 5.11 Å². The highest BCUT2D eigenvalue weighted by Crippen LogP contribution is 2.25. The Bertz CT molecular complexity index is 553. The molecular weight excluding hydrogens is 272 g/mol. The van der Waals surface area contributed by atoms with Gasteiger partial charge in [-0.15, -0.1) is 0 Å². The van der Waals surface area contributed by atoms with Crippen LogP contribution in [0, 0.1) is 5.92 Å². The zero-order valence-corrected chi connectivity index (χ0v) is 11.8. The van der Waals surface area contributed by atoms with Gasteiger partial charge in [0.1, 0.15) is 6.54 Å². The topological polar surface area (TPSA) is 86.7 Å². The fourth-order valence-corrected chi connectivity index (χ4v) is 2.35. The van der Waals surface area contributed by atoms with Crippen molar-refractivity contribution < 1.29 is 19.5 Å². The number of rotatable bonds is 5. The fourth-order valence-electron chi connectivity index (χ4n) is 2.35. The minimum absolute atomic E-state index is 0.112. The molecule has 1 aliphatic heterocycles. The average Bonchev–Trinajstić information content (AvgIpc) is 2.87. The summed E-state index contributed by atoms with van der Waals surface area (Å²) in [4.78, 5) is 35.8. The second-order valence-corrected chi connectivity index (χ2v) is 5.04. The van der Waals surface area contributed by atoms with Crippen LogP contribution in [0.4, 0.5) is 5.69 Å². The molecule has 0 saturated carbocycles. The van der Waals surface area contributed by atoms with E-state index in [1.807, 2.05) is 24.3 Å². The summed E-state index contributed by atoms with van der Waals surface area (Å²) >= 11 is 0. The average molecular weight is 290 g/mol. The van der Waals surface area contributed by atoms with Crippen LogP contribution >= 0.6 is 0 Å². The van der Waals surface area contributed by atoms with E-state index in [1.54, 1.807) is 4.90 Å². The van der Waals surface area contributed by atoms with Crippen LogP contribution in [0.15, 0.2) is 24.3 Å². The molecule has 112 valence electrons. The molecule has 1 aliphatic rings. The summed E-state index contributed by atoms with van der Waals surface area (Å²) in [5, 5.41) is 10.9. The van der Waals surface area contributed by atoms with E-state index >= 15 is 0 Å². The molecule has 0 aromatic heterocycles. The van der Waals surface area contributed by atoms with Crippen LogP contribution in [0.1, 0.15) is 18.9 Å². The maximum absolute atomic E-state index is 12.0. The molecule has 1 heterocycles. The maximum Gasteiger partial charge on any atom is 0.322 e. The van der Waals surface area contributed by atoms with Crippen molar-refractivity contribution in [2.45, 2.75) is 19.8 Å². The molecular formula is C15H18N2O4. The highest BCUT2D eigenvalue weighted by Gasteiger charge is 2.35. The Hall–Kier alpha value is -2.37. The number of benzene rings is 1. The summed E-state index contributed by atoms with van der Waals surface area (Å²) in [5.74, 6) is -2.10. The highest BCUT2D eigenvalue weighted by atomic mass is 16.4. The predicted octanol–water partition coefficient (Wildman–Crippen LogP) is 0.803. The summed E-state index contributed by atoms with van der Waals surface area (Å²) in [6.45, 7) is 1.92. The van der Waals surface area contributed by atoms with Gasteiger partial charge in [-0.2, -0.15) is 0 Å². The van der Waals surface area contributed by atoms with Crippen LogP contribution in [0.5, 0.6) is 0 Å². The van der Waals surface area contributed by atoms with E-state index in [9.17, 15) is 14.4 Å². The Kier molecular flexibility index (Phi) is 4.57. The third-order valence-electron chi connectivity index (χ3n) is 3.57. The molecule has 1 aromatic rings. The van der Waals surface area contributed by atoms with Crippen molar-refractivity contribution >= 4 is 23.5 Å². The number of anilines is 1. The Morgan fingerprint density at radius 3 is 2.57 bits per heavy atom. The Morgan fingerprint density at radius 2 is 2.00 bits per heavy atom. The molecule has 2 amide bonds. The van der Waals surface area contributed by atoms with Gasteiger partial charge >= 0.3 is 5.97 Å². The maximum atomic E-state index is 12.0. The summed E-state index contributed by atoms with van der Waals surface area (Å²) < 4.78 is 0. The van der Waals surface area contributed by atoms with Gasteiger partial charge in [0, 0.05) is 18.7 Å². The molecule has 1 aromatic carbocycles. The fraction of sp³-hybridized carbons (Fsp3) is 0.400. The van der Waals surface area contributed by atoms with Crippen LogP contribution in [0.3, 0.4) is 0 Å². The van der Waals surface area contributed by atoms with Crippen molar-refractivity contribution in [2.24, 2.45) is 5.92 Å². The number of aliphatic carboxylic acids is 1. The quantitative estimate of drug-likeness (QED) is 0.840. The number of carboxylic acid groups (broad SMARTS) is 1. The normalized spacial score (nSPS) is 17.9. The van der Waals surface area contributed by atoms with Crippen LogP contribution < -0.4 is 10.2 Å².